The van der Waals surface area contributed by atoms with Crippen LogP contribution >= 0.6 is 11.3 Å². The molecule has 0 radical (unpaired) electrons. The molecule has 78 valence electrons. The number of aliphatic hydroxyl groups is 1. The Kier molecular flexibility index (Phi) is 4.62. The van der Waals surface area contributed by atoms with Crippen LogP contribution in [0.25, 0.3) is 0 Å². The van der Waals surface area contributed by atoms with Crippen molar-refractivity contribution in [1.29, 1.82) is 0 Å². The van der Waals surface area contributed by atoms with Gasteiger partial charge in [-0.05, 0) is 28.8 Å². The summed E-state index contributed by atoms with van der Waals surface area (Å²) in [5.74, 6) is -0.0238. The van der Waals surface area contributed by atoms with E-state index in [0.717, 1.165) is 12.0 Å². The molecule has 4 heteroatoms. The average molecular weight is 213 g/mol. The van der Waals surface area contributed by atoms with Crippen molar-refractivity contribution < 1.29 is 9.90 Å². The third kappa shape index (κ3) is 3.47. The summed E-state index contributed by atoms with van der Waals surface area (Å²) in [6.07, 6.45) is 1.16. The van der Waals surface area contributed by atoms with Gasteiger partial charge in [0, 0.05) is 0 Å². The van der Waals surface area contributed by atoms with Crippen LogP contribution in [-0.4, -0.2) is 23.7 Å². The van der Waals surface area contributed by atoms with Crippen LogP contribution in [0.15, 0.2) is 16.8 Å². The van der Waals surface area contributed by atoms with Crippen molar-refractivity contribution in [3.05, 3.63) is 22.4 Å². The number of aliphatic hydroxyl groups excluding tert-OH is 1. The Bertz CT molecular complexity index is 268. The third-order valence-corrected chi connectivity index (χ3v) is 2.76. The molecule has 0 aliphatic rings. The van der Waals surface area contributed by atoms with E-state index in [9.17, 15) is 4.79 Å². The highest BCUT2D eigenvalue weighted by molar-refractivity contribution is 7.07. The average Bonchev–Trinajstić information content (AvgIpc) is 2.66. The minimum atomic E-state index is -0.110. The number of hydrogen-bond donors (Lipinski definition) is 2. The molecule has 0 fully saturated rings. The predicted octanol–water partition coefficient (Wildman–Crippen LogP) is 1.18. The smallest absolute Gasteiger partial charge is 0.224 e. The maximum absolute atomic E-state index is 11.4. The number of thiophene rings is 1. The van der Waals surface area contributed by atoms with Gasteiger partial charge in [0.1, 0.15) is 0 Å². The molecule has 1 rings (SSSR count). The van der Waals surface area contributed by atoms with Crippen LogP contribution in [-0.2, 0) is 11.2 Å². The quantitative estimate of drug-likeness (QED) is 0.771. The van der Waals surface area contributed by atoms with Crippen LogP contribution in [0.1, 0.15) is 18.9 Å². The molecule has 0 bridgehead atoms. The summed E-state index contributed by atoms with van der Waals surface area (Å²) in [6.45, 7) is 1.94. The Hall–Kier alpha value is -0.870. The van der Waals surface area contributed by atoms with Gasteiger partial charge in [0.05, 0.1) is 19.1 Å². The molecule has 1 unspecified atom stereocenters. The van der Waals surface area contributed by atoms with Gasteiger partial charge in [-0.2, -0.15) is 11.3 Å². The molecule has 1 aromatic heterocycles. The second kappa shape index (κ2) is 5.78. The molecule has 0 saturated carbocycles. The molecule has 1 heterocycles. The van der Waals surface area contributed by atoms with E-state index >= 15 is 0 Å². The van der Waals surface area contributed by atoms with Crippen LogP contribution in [0.5, 0.6) is 0 Å². The standard InChI is InChI=1S/C10H15NO2S/c1-2-9(6-12)11-10(13)5-8-3-4-14-7-8/h3-4,7,9,12H,2,5-6H2,1H3,(H,11,13). The fraction of sp³-hybridized carbons (Fsp3) is 0.500. The van der Waals surface area contributed by atoms with Crippen LogP contribution in [0.4, 0.5) is 0 Å². The van der Waals surface area contributed by atoms with Gasteiger partial charge in [0.15, 0.2) is 0 Å². The van der Waals surface area contributed by atoms with E-state index in [1.807, 2.05) is 23.8 Å². The Morgan fingerprint density at radius 1 is 1.71 bits per heavy atom. The molecule has 1 aromatic rings. The van der Waals surface area contributed by atoms with Crippen molar-refractivity contribution in [1.82, 2.24) is 5.32 Å². The van der Waals surface area contributed by atoms with Gasteiger partial charge in [-0.15, -0.1) is 0 Å². The second-order valence-corrected chi connectivity index (χ2v) is 3.94. The van der Waals surface area contributed by atoms with Crippen LogP contribution < -0.4 is 5.32 Å². The van der Waals surface area contributed by atoms with Crippen LogP contribution in [0.3, 0.4) is 0 Å². The molecular weight excluding hydrogens is 198 g/mol. The molecular formula is C10H15NO2S. The second-order valence-electron chi connectivity index (χ2n) is 3.16. The highest BCUT2D eigenvalue weighted by Gasteiger charge is 2.09. The Morgan fingerprint density at radius 3 is 3.00 bits per heavy atom. The van der Waals surface area contributed by atoms with E-state index in [0.29, 0.717) is 6.42 Å². The maximum Gasteiger partial charge on any atom is 0.224 e. The minimum Gasteiger partial charge on any atom is -0.394 e. The molecule has 0 spiro atoms. The number of nitrogens with one attached hydrogen (secondary N) is 1. The largest absolute Gasteiger partial charge is 0.394 e. The lowest BCUT2D eigenvalue weighted by atomic mass is 10.2. The molecule has 0 saturated heterocycles. The van der Waals surface area contributed by atoms with E-state index in [-0.39, 0.29) is 18.6 Å². The zero-order valence-electron chi connectivity index (χ0n) is 8.19. The van der Waals surface area contributed by atoms with Gasteiger partial charge in [-0.3, -0.25) is 4.79 Å². The van der Waals surface area contributed by atoms with E-state index in [1.165, 1.54) is 0 Å². The molecule has 3 nitrogen and oxygen atoms in total. The van der Waals surface area contributed by atoms with E-state index in [1.54, 1.807) is 11.3 Å². The van der Waals surface area contributed by atoms with Gasteiger partial charge in [-0.25, -0.2) is 0 Å². The summed E-state index contributed by atoms with van der Waals surface area (Å²) >= 11 is 1.58. The van der Waals surface area contributed by atoms with Crippen molar-refractivity contribution in [2.75, 3.05) is 6.61 Å². The Labute approximate surface area is 87.8 Å². The normalized spacial score (nSPS) is 12.4. The van der Waals surface area contributed by atoms with E-state index < -0.39 is 0 Å². The molecule has 14 heavy (non-hydrogen) atoms. The maximum atomic E-state index is 11.4. The first-order valence-electron chi connectivity index (χ1n) is 4.67. The lowest BCUT2D eigenvalue weighted by Gasteiger charge is -2.13. The van der Waals surface area contributed by atoms with Gasteiger partial charge in [0.2, 0.25) is 5.91 Å². The number of rotatable bonds is 5. The third-order valence-electron chi connectivity index (χ3n) is 2.02. The molecule has 0 aromatic carbocycles. The molecule has 0 aliphatic heterocycles. The van der Waals surface area contributed by atoms with Crippen molar-refractivity contribution >= 4 is 17.2 Å². The predicted molar refractivity (Wildman–Crippen MR) is 57.3 cm³/mol. The Balaban J connectivity index is 2.35. The van der Waals surface area contributed by atoms with E-state index in [4.69, 9.17) is 5.11 Å². The monoisotopic (exact) mass is 213 g/mol. The number of carbonyl (C=O) groups excluding carboxylic acids is 1. The van der Waals surface area contributed by atoms with Crippen molar-refractivity contribution in [2.45, 2.75) is 25.8 Å². The van der Waals surface area contributed by atoms with Gasteiger partial charge >= 0.3 is 0 Å². The molecule has 0 aliphatic carbocycles. The van der Waals surface area contributed by atoms with Gasteiger partial charge in [-0.1, -0.05) is 6.92 Å². The first kappa shape index (κ1) is 11.2. The molecule has 1 atom stereocenters. The molecule has 2 N–H and O–H groups in total. The summed E-state index contributed by atoms with van der Waals surface area (Å²) in [4.78, 5) is 11.4. The fourth-order valence-corrected chi connectivity index (χ4v) is 1.80. The van der Waals surface area contributed by atoms with Crippen molar-refractivity contribution in [3.8, 4) is 0 Å². The lowest BCUT2D eigenvalue weighted by molar-refractivity contribution is -0.121. The number of hydrogen-bond acceptors (Lipinski definition) is 3. The zero-order chi connectivity index (χ0) is 10.4. The fourth-order valence-electron chi connectivity index (χ4n) is 1.13. The van der Waals surface area contributed by atoms with Crippen molar-refractivity contribution in [2.24, 2.45) is 0 Å². The summed E-state index contributed by atoms with van der Waals surface area (Å²) in [5.41, 5.74) is 1.03. The zero-order valence-corrected chi connectivity index (χ0v) is 9.01. The molecule has 1 amide bonds. The Morgan fingerprint density at radius 2 is 2.50 bits per heavy atom. The first-order chi connectivity index (χ1) is 6.76. The lowest BCUT2D eigenvalue weighted by Crippen LogP contribution is -2.37. The van der Waals surface area contributed by atoms with Gasteiger partial charge < -0.3 is 10.4 Å². The summed E-state index contributed by atoms with van der Waals surface area (Å²) in [6, 6.07) is 1.82. The van der Waals surface area contributed by atoms with Gasteiger partial charge in [0.25, 0.3) is 0 Å². The first-order valence-corrected chi connectivity index (χ1v) is 5.61. The van der Waals surface area contributed by atoms with Crippen molar-refractivity contribution in [3.63, 3.8) is 0 Å². The topological polar surface area (TPSA) is 49.3 Å². The summed E-state index contributed by atoms with van der Waals surface area (Å²) < 4.78 is 0. The van der Waals surface area contributed by atoms with E-state index in [2.05, 4.69) is 5.32 Å². The highest BCUT2D eigenvalue weighted by Crippen LogP contribution is 2.06. The minimum absolute atomic E-state index is 0.00583. The highest BCUT2D eigenvalue weighted by atomic mass is 32.1. The summed E-state index contributed by atoms with van der Waals surface area (Å²) in [5, 5.41) is 15.6. The van der Waals surface area contributed by atoms with Crippen LogP contribution in [0.2, 0.25) is 0 Å². The SMILES string of the molecule is CCC(CO)NC(=O)Cc1ccsc1. The summed E-state index contributed by atoms with van der Waals surface area (Å²) in [7, 11) is 0. The number of carbonyl (C=O) groups is 1. The van der Waals surface area contributed by atoms with Crippen LogP contribution in [0, 0.1) is 0 Å². The number of amides is 1.